The zero-order chi connectivity index (χ0) is 13.8. The third-order valence-electron chi connectivity index (χ3n) is 3.65. The Morgan fingerprint density at radius 2 is 2.05 bits per heavy atom. The minimum absolute atomic E-state index is 0.0673. The first-order valence-electron chi connectivity index (χ1n) is 6.61. The Morgan fingerprint density at radius 1 is 1.37 bits per heavy atom. The maximum Gasteiger partial charge on any atom is 0.226 e. The zero-order valence-electron chi connectivity index (χ0n) is 11.5. The molecule has 4 heteroatoms. The van der Waals surface area contributed by atoms with E-state index in [2.05, 4.69) is 0 Å². The Balaban J connectivity index is 1.94. The minimum Gasteiger partial charge on any atom is -0.346 e. The summed E-state index contributed by atoms with van der Waals surface area (Å²) in [4.78, 5) is 27.4. The molecule has 0 spiro atoms. The van der Waals surface area contributed by atoms with E-state index in [0.717, 1.165) is 12.0 Å². The molecule has 1 saturated heterocycles. The van der Waals surface area contributed by atoms with Gasteiger partial charge in [0, 0.05) is 39.5 Å². The van der Waals surface area contributed by atoms with Crippen LogP contribution in [0.5, 0.6) is 0 Å². The lowest BCUT2D eigenvalue weighted by atomic mass is 9.95. The number of piperidine rings is 1. The van der Waals surface area contributed by atoms with Gasteiger partial charge in [0.1, 0.15) is 0 Å². The molecular weight excluding hydrogens is 240 g/mol. The van der Waals surface area contributed by atoms with Crippen molar-refractivity contribution in [2.75, 3.05) is 20.6 Å². The highest BCUT2D eigenvalue weighted by Crippen LogP contribution is 2.20. The van der Waals surface area contributed by atoms with E-state index in [9.17, 15) is 9.59 Å². The molecule has 1 aliphatic heterocycles. The fourth-order valence-electron chi connectivity index (χ4n) is 2.40. The molecule has 2 amide bonds. The second kappa shape index (κ2) is 5.87. The molecular formula is C15H20N2O2. The molecule has 0 aliphatic carbocycles. The average molecular weight is 260 g/mol. The monoisotopic (exact) mass is 260 g/mol. The SMILES string of the molecule is CN1CCC(C(=O)N(C)Cc2ccccc2)CC1=O. The number of amides is 2. The molecule has 0 bridgehead atoms. The van der Waals surface area contributed by atoms with Gasteiger partial charge in [-0.1, -0.05) is 30.3 Å². The molecule has 1 aliphatic rings. The summed E-state index contributed by atoms with van der Waals surface area (Å²) in [6.45, 7) is 1.27. The highest BCUT2D eigenvalue weighted by Gasteiger charge is 2.30. The van der Waals surface area contributed by atoms with Crippen molar-refractivity contribution in [3.05, 3.63) is 35.9 Å². The number of hydrogen-bond donors (Lipinski definition) is 0. The summed E-state index contributed by atoms with van der Waals surface area (Å²) in [5, 5.41) is 0. The number of carbonyl (C=O) groups is 2. The number of nitrogens with zero attached hydrogens (tertiary/aromatic N) is 2. The highest BCUT2D eigenvalue weighted by molar-refractivity contribution is 5.86. The fourth-order valence-corrected chi connectivity index (χ4v) is 2.40. The molecule has 1 aromatic carbocycles. The number of benzene rings is 1. The number of likely N-dealkylation sites (tertiary alicyclic amines) is 1. The topological polar surface area (TPSA) is 40.6 Å². The van der Waals surface area contributed by atoms with Gasteiger partial charge in [0.05, 0.1) is 0 Å². The Hall–Kier alpha value is -1.84. The van der Waals surface area contributed by atoms with Gasteiger partial charge in [-0.15, -0.1) is 0 Å². The van der Waals surface area contributed by atoms with Crippen LogP contribution in [0.2, 0.25) is 0 Å². The van der Waals surface area contributed by atoms with Crippen molar-refractivity contribution >= 4 is 11.8 Å². The van der Waals surface area contributed by atoms with Crippen LogP contribution in [0.1, 0.15) is 18.4 Å². The van der Waals surface area contributed by atoms with Crippen LogP contribution in [-0.4, -0.2) is 42.3 Å². The lowest BCUT2D eigenvalue weighted by Crippen LogP contribution is -2.42. The van der Waals surface area contributed by atoms with E-state index >= 15 is 0 Å². The standard InChI is InChI=1S/C15H20N2O2/c1-16-9-8-13(10-14(16)18)15(19)17(2)11-12-6-4-3-5-7-12/h3-7,13H,8-11H2,1-2H3. The zero-order valence-corrected chi connectivity index (χ0v) is 11.5. The summed E-state index contributed by atoms with van der Waals surface area (Å²) in [5.74, 6) is -0.0135. The molecule has 1 heterocycles. The van der Waals surface area contributed by atoms with E-state index in [1.807, 2.05) is 30.3 Å². The summed E-state index contributed by atoms with van der Waals surface area (Å²) >= 11 is 0. The molecule has 1 fully saturated rings. The summed E-state index contributed by atoms with van der Waals surface area (Å²) < 4.78 is 0. The Labute approximate surface area is 114 Å². The van der Waals surface area contributed by atoms with E-state index in [-0.39, 0.29) is 17.7 Å². The molecule has 2 rings (SSSR count). The highest BCUT2D eigenvalue weighted by atomic mass is 16.2. The van der Waals surface area contributed by atoms with E-state index in [1.54, 1.807) is 23.9 Å². The predicted octanol–water partition coefficient (Wildman–Crippen LogP) is 1.51. The van der Waals surface area contributed by atoms with Gasteiger partial charge in [0.15, 0.2) is 0 Å². The second-order valence-electron chi connectivity index (χ2n) is 5.18. The van der Waals surface area contributed by atoms with E-state index in [4.69, 9.17) is 0 Å². The molecule has 4 nitrogen and oxygen atoms in total. The minimum atomic E-state index is -0.155. The summed E-state index contributed by atoms with van der Waals surface area (Å²) in [5.41, 5.74) is 1.11. The normalized spacial score (nSPS) is 19.4. The molecule has 0 radical (unpaired) electrons. The molecule has 0 aromatic heterocycles. The summed E-state index contributed by atoms with van der Waals surface area (Å²) in [7, 11) is 3.59. The van der Waals surface area contributed by atoms with Crippen molar-refractivity contribution in [1.29, 1.82) is 0 Å². The van der Waals surface area contributed by atoms with Crippen molar-refractivity contribution in [3.63, 3.8) is 0 Å². The third-order valence-corrected chi connectivity index (χ3v) is 3.65. The summed E-state index contributed by atoms with van der Waals surface area (Å²) in [6.07, 6.45) is 1.11. The van der Waals surface area contributed by atoms with Gasteiger partial charge in [-0.25, -0.2) is 0 Å². The molecule has 19 heavy (non-hydrogen) atoms. The van der Waals surface area contributed by atoms with E-state index in [1.165, 1.54) is 0 Å². The van der Waals surface area contributed by atoms with Crippen LogP contribution in [0.25, 0.3) is 0 Å². The van der Waals surface area contributed by atoms with Gasteiger partial charge < -0.3 is 9.80 Å². The maximum absolute atomic E-state index is 12.3. The Kier molecular flexibility index (Phi) is 4.20. The van der Waals surface area contributed by atoms with Gasteiger partial charge in [0.2, 0.25) is 11.8 Å². The molecule has 1 atom stereocenters. The first-order chi connectivity index (χ1) is 9.08. The summed E-state index contributed by atoms with van der Waals surface area (Å²) in [6, 6.07) is 9.90. The predicted molar refractivity (Wildman–Crippen MR) is 73.3 cm³/mol. The van der Waals surface area contributed by atoms with Crippen LogP contribution < -0.4 is 0 Å². The van der Waals surface area contributed by atoms with Crippen molar-refractivity contribution in [2.45, 2.75) is 19.4 Å². The quantitative estimate of drug-likeness (QED) is 0.826. The third kappa shape index (κ3) is 3.34. The molecule has 1 aromatic rings. The van der Waals surface area contributed by atoms with Gasteiger partial charge >= 0.3 is 0 Å². The fraction of sp³-hybridized carbons (Fsp3) is 0.467. The lowest BCUT2D eigenvalue weighted by molar-refractivity contribution is -0.143. The van der Waals surface area contributed by atoms with E-state index < -0.39 is 0 Å². The first-order valence-corrected chi connectivity index (χ1v) is 6.61. The van der Waals surface area contributed by atoms with Crippen molar-refractivity contribution < 1.29 is 9.59 Å². The smallest absolute Gasteiger partial charge is 0.226 e. The van der Waals surface area contributed by atoms with Crippen molar-refractivity contribution in [1.82, 2.24) is 9.80 Å². The first kappa shape index (κ1) is 13.6. The molecule has 102 valence electrons. The van der Waals surface area contributed by atoms with E-state index in [0.29, 0.717) is 19.5 Å². The van der Waals surface area contributed by atoms with Crippen molar-refractivity contribution in [3.8, 4) is 0 Å². The largest absolute Gasteiger partial charge is 0.346 e. The van der Waals surface area contributed by atoms with Crippen LogP contribution in [0.15, 0.2) is 30.3 Å². The lowest BCUT2D eigenvalue weighted by Gasteiger charge is -2.30. The maximum atomic E-state index is 12.3. The molecule has 0 saturated carbocycles. The molecule has 0 N–H and O–H groups in total. The number of carbonyl (C=O) groups excluding carboxylic acids is 2. The average Bonchev–Trinajstić information content (AvgIpc) is 2.42. The van der Waals surface area contributed by atoms with Gasteiger partial charge in [-0.3, -0.25) is 9.59 Å². The second-order valence-corrected chi connectivity index (χ2v) is 5.18. The van der Waals surface area contributed by atoms with Crippen LogP contribution in [0.3, 0.4) is 0 Å². The van der Waals surface area contributed by atoms with Gasteiger partial charge in [-0.2, -0.15) is 0 Å². The van der Waals surface area contributed by atoms with Crippen LogP contribution in [0, 0.1) is 5.92 Å². The number of rotatable bonds is 3. The van der Waals surface area contributed by atoms with Crippen LogP contribution in [0.4, 0.5) is 0 Å². The molecule has 1 unspecified atom stereocenters. The van der Waals surface area contributed by atoms with Crippen LogP contribution in [-0.2, 0) is 16.1 Å². The van der Waals surface area contributed by atoms with Gasteiger partial charge in [-0.05, 0) is 12.0 Å². The number of hydrogen-bond acceptors (Lipinski definition) is 2. The van der Waals surface area contributed by atoms with Gasteiger partial charge in [0.25, 0.3) is 0 Å². The Morgan fingerprint density at radius 3 is 2.68 bits per heavy atom. The Bertz CT molecular complexity index is 458. The van der Waals surface area contributed by atoms with Crippen LogP contribution >= 0.6 is 0 Å². The van der Waals surface area contributed by atoms with Crippen molar-refractivity contribution in [2.24, 2.45) is 5.92 Å².